The second-order valence-electron chi connectivity index (χ2n) is 6.05. The summed E-state index contributed by atoms with van der Waals surface area (Å²) in [5.41, 5.74) is 2.09. The first-order valence-corrected chi connectivity index (χ1v) is 9.27. The van der Waals surface area contributed by atoms with E-state index in [1.54, 1.807) is 13.8 Å². The molecule has 0 heterocycles. The number of hydrogen-bond acceptors (Lipinski definition) is 5. The van der Waals surface area contributed by atoms with Gasteiger partial charge >= 0.3 is 0 Å². The van der Waals surface area contributed by atoms with Gasteiger partial charge in [-0.3, -0.25) is 10.1 Å². The van der Waals surface area contributed by atoms with Crippen molar-refractivity contribution in [2.24, 2.45) is 0 Å². The van der Waals surface area contributed by atoms with Gasteiger partial charge in [-0.15, -0.1) is 0 Å². The number of nitrogens with zero attached hydrogens (tertiary/aromatic N) is 1. The van der Waals surface area contributed by atoms with Gasteiger partial charge in [-0.05, 0) is 38.5 Å². The van der Waals surface area contributed by atoms with Crippen LogP contribution >= 0.6 is 0 Å². The first-order chi connectivity index (χ1) is 11.7. The molecule has 0 amide bonds. The van der Waals surface area contributed by atoms with Crippen LogP contribution in [0, 0.1) is 17.0 Å². The molecular weight excluding hydrogens is 342 g/mol. The molecule has 0 saturated heterocycles. The van der Waals surface area contributed by atoms with Gasteiger partial charge in [-0.1, -0.05) is 29.8 Å². The third-order valence-corrected chi connectivity index (χ3v) is 5.13. The van der Waals surface area contributed by atoms with Crippen molar-refractivity contribution < 1.29 is 13.3 Å². The number of rotatable bonds is 7. The summed E-state index contributed by atoms with van der Waals surface area (Å²) in [4.78, 5) is 10.6. The number of aryl methyl sites for hydroxylation is 1. The summed E-state index contributed by atoms with van der Waals surface area (Å²) in [5, 5.41) is 14.3. The summed E-state index contributed by atoms with van der Waals surface area (Å²) in [6.45, 7) is 5.75. The molecule has 0 bridgehead atoms. The van der Waals surface area contributed by atoms with Gasteiger partial charge in [0.25, 0.3) is 5.69 Å². The molecule has 0 aromatic heterocycles. The van der Waals surface area contributed by atoms with E-state index >= 15 is 0 Å². The minimum absolute atomic E-state index is 0.131. The molecule has 134 valence electrons. The monoisotopic (exact) mass is 363 g/mol. The fraction of sp³-hybridized carbons (Fsp3) is 0.294. The maximum absolute atomic E-state index is 12.2. The highest BCUT2D eigenvalue weighted by atomic mass is 32.2. The minimum atomic E-state index is -3.79. The maximum Gasteiger partial charge on any atom is 0.293 e. The number of anilines is 1. The van der Waals surface area contributed by atoms with Gasteiger partial charge in [-0.25, -0.2) is 13.1 Å². The van der Waals surface area contributed by atoms with Gasteiger partial charge in [0.15, 0.2) is 0 Å². The molecule has 0 saturated carbocycles. The van der Waals surface area contributed by atoms with E-state index in [2.05, 4.69) is 10.0 Å². The predicted molar refractivity (Wildman–Crippen MR) is 97.1 cm³/mol. The molecule has 2 rings (SSSR count). The van der Waals surface area contributed by atoms with Crippen LogP contribution in [-0.4, -0.2) is 19.4 Å². The van der Waals surface area contributed by atoms with Gasteiger partial charge in [-0.2, -0.15) is 0 Å². The van der Waals surface area contributed by atoms with Crippen molar-refractivity contribution in [3.05, 3.63) is 63.7 Å². The first kappa shape index (κ1) is 18.9. The lowest BCUT2D eigenvalue weighted by molar-refractivity contribution is -0.384. The molecule has 0 spiro atoms. The Hall–Kier alpha value is -2.45. The highest BCUT2D eigenvalue weighted by Crippen LogP contribution is 2.28. The Morgan fingerprint density at radius 2 is 1.76 bits per heavy atom. The average Bonchev–Trinajstić information content (AvgIpc) is 2.53. The lowest BCUT2D eigenvalue weighted by Crippen LogP contribution is -2.30. The van der Waals surface area contributed by atoms with Gasteiger partial charge in [0.05, 0.1) is 9.82 Å². The summed E-state index contributed by atoms with van der Waals surface area (Å²) in [5.74, 6) is 0. The van der Waals surface area contributed by atoms with E-state index in [-0.39, 0.29) is 22.3 Å². The third-order valence-electron chi connectivity index (χ3n) is 3.47. The van der Waals surface area contributed by atoms with Crippen molar-refractivity contribution in [2.75, 3.05) is 5.32 Å². The number of hydrogen-bond donors (Lipinski definition) is 2. The Morgan fingerprint density at radius 3 is 2.32 bits per heavy atom. The number of nitrogens with one attached hydrogen (secondary N) is 2. The molecular formula is C17H21N3O4S. The van der Waals surface area contributed by atoms with Crippen LogP contribution in [0.1, 0.15) is 25.0 Å². The van der Waals surface area contributed by atoms with Gasteiger partial charge < -0.3 is 5.32 Å². The lowest BCUT2D eigenvalue weighted by atomic mass is 10.1. The van der Waals surface area contributed by atoms with Crippen LogP contribution in [0.3, 0.4) is 0 Å². The van der Waals surface area contributed by atoms with E-state index in [4.69, 9.17) is 0 Å². The van der Waals surface area contributed by atoms with Crippen molar-refractivity contribution in [2.45, 2.75) is 38.3 Å². The van der Waals surface area contributed by atoms with Gasteiger partial charge in [0, 0.05) is 18.7 Å². The summed E-state index contributed by atoms with van der Waals surface area (Å²) >= 11 is 0. The second kappa shape index (κ2) is 7.62. The Morgan fingerprint density at radius 1 is 1.12 bits per heavy atom. The van der Waals surface area contributed by atoms with Crippen LogP contribution in [0.25, 0.3) is 0 Å². The third kappa shape index (κ3) is 5.01. The van der Waals surface area contributed by atoms with Crippen LogP contribution in [0.15, 0.2) is 47.4 Å². The summed E-state index contributed by atoms with van der Waals surface area (Å²) in [6.07, 6.45) is 0. The molecule has 0 aliphatic heterocycles. The lowest BCUT2D eigenvalue weighted by Gasteiger charge is -2.12. The molecule has 0 aliphatic carbocycles. The Labute approximate surface area is 147 Å². The molecule has 2 aromatic rings. The van der Waals surface area contributed by atoms with E-state index in [0.717, 1.165) is 17.2 Å². The van der Waals surface area contributed by atoms with Crippen molar-refractivity contribution in [1.82, 2.24) is 4.72 Å². The fourth-order valence-electron chi connectivity index (χ4n) is 2.26. The van der Waals surface area contributed by atoms with E-state index in [9.17, 15) is 18.5 Å². The van der Waals surface area contributed by atoms with Crippen LogP contribution < -0.4 is 10.0 Å². The van der Waals surface area contributed by atoms with Gasteiger partial charge in [0.1, 0.15) is 5.69 Å². The average molecular weight is 363 g/mol. The number of benzene rings is 2. The predicted octanol–water partition coefficient (Wildman–Crippen LogP) is 3.20. The zero-order valence-electron chi connectivity index (χ0n) is 14.3. The van der Waals surface area contributed by atoms with Crippen molar-refractivity contribution in [3.63, 3.8) is 0 Å². The normalized spacial score (nSPS) is 11.5. The van der Waals surface area contributed by atoms with E-state index in [1.165, 1.54) is 12.1 Å². The van der Waals surface area contributed by atoms with Crippen LogP contribution in [0.2, 0.25) is 0 Å². The number of nitro groups is 1. The topological polar surface area (TPSA) is 101 Å². The minimum Gasteiger partial charge on any atom is -0.375 e. The zero-order valence-corrected chi connectivity index (χ0v) is 15.1. The second-order valence-corrected chi connectivity index (χ2v) is 7.77. The maximum atomic E-state index is 12.2. The smallest absolute Gasteiger partial charge is 0.293 e. The quantitative estimate of drug-likeness (QED) is 0.581. The molecule has 0 unspecified atom stereocenters. The molecule has 0 fully saturated rings. The van der Waals surface area contributed by atoms with E-state index < -0.39 is 14.9 Å². The molecule has 0 radical (unpaired) electrons. The molecule has 25 heavy (non-hydrogen) atoms. The van der Waals surface area contributed by atoms with Crippen molar-refractivity contribution in [3.8, 4) is 0 Å². The molecule has 7 nitrogen and oxygen atoms in total. The van der Waals surface area contributed by atoms with Crippen LogP contribution in [0.5, 0.6) is 0 Å². The van der Waals surface area contributed by atoms with Crippen molar-refractivity contribution in [1.29, 1.82) is 0 Å². The van der Waals surface area contributed by atoms with Crippen LogP contribution in [-0.2, 0) is 16.6 Å². The largest absolute Gasteiger partial charge is 0.375 e. The van der Waals surface area contributed by atoms with Crippen LogP contribution in [0.4, 0.5) is 11.4 Å². The summed E-state index contributed by atoms with van der Waals surface area (Å²) < 4.78 is 26.8. The SMILES string of the molecule is Cc1ccc(CNc2ccc(S(=O)(=O)NC(C)C)cc2[N+](=O)[O-])cc1. The number of nitro benzene ring substituents is 1. The zero-order chi connectivity index (χ0) is 18.6. The van der Waals surface area contributed by atoms with Crippen molar-refractivity contribution >= 4 is 21.4 Å². The Bertz CT molecular complexity index is 862. The Balaban J connectivity index is 2.27. The summed E-state index contributed by atoms with van der Waals surface area (Å²) in [6, 6.07) is 11.3. The summed E-state index contributed by atoms with van der Waals surface area (Å²) in [7, 11) is -3.79. The highest BCUT2D eigenvalue weighted by molar-refractivity contribution is 7.89. The molecule has 2 aromatic carbocycles. The highest BCUT2D eigenvalue weighted by Gasteiger charge is 2.21. The van der Waals surface area contributed by atoms with Gasteiger partial charge in [0.2, 0.25) is 10.0 Å². The van der Waals surface area contributed by atoms with E-state index in [1.807, 2.05) is 31.2 Å². The number of sulfonamides is 1. The molecule has 8 heteroatoms. The first-order valence-electron chi connectivity index (χ1n) is 7.79. The molecule has 2 N–H and O–H groups in total. The Kier molecular flexibility index (Phi) is 5.76. The standard InChI is InChI=1S/C17H21N3O4S/c1-12(2)19-25(23,24)15-8-9-16(17(10-15)20(21)22)18-11-14-6-4-13(3)5-7-14/h4-10,12,18-19H,11H2,1-3H3. The van der Waals surface area contributed by atoms with E-state index in [0.29, 0.717) is 6.54 Å². The molecule has 0 aliphatic rings. The fourth-order valence-corrected chi connectivity index (χ4v) is 3.53. The molecule has 0 atom stereocenters.